The first kappa shape index (κ1) is 23.1. The maximum Gasteiger partial charge on any atom is 0.420 e. The van der Waals surface area contributed by atoms with Crippen molar-refractivity contribution in [1.29, 1.82) is 0 Å². The molecule has 0 bridgehead atoms. The molecule has 0 saturated heterocycles. The molecule has 2 aliphatic rings. The second-order valence-corrected chi connectivity index (χ2v) is 10.3. The molecule has 178 valence electrons. The SMILES string of the molecule is CN1C(=O)c2cc(-c3nc(Nc4cc5c(cc4Cl)CNCC5)ncc3C(F)(F)F)sc2C1(C)C. The van der Waals surface area contributed by atoms with E-state index in [4.69, 9.17) is 11.6 Å². The number of benzene rings is 1. The molecule has 0 saturated carbocycles. The van der Waals surface area contributed by atoms with Crippen LogP contribution in [0.3, 0.4) is 0 Å². The number of carbonyl (C=O) groups is 1. The predicted octanol–water partition coefficient (Wildman–Crippen LogP) is 5.59. The molecular weight excluding hydrogens is 487 g/mol. The fourth-order valence-electron chi connectivity index (χ4n) is 4.26. The summed E-state index contributed by atoms with van der Waals surface area (Å²) in [4.78, 5) is 23.4. The van der Waals surface area contributed by atoms with Crippen molar-refractivity contribution >= 4 is 40.5 Å². The number of halogens is 4. The van der Waals surface area contributed by atoms with Gasteiger partial charge in [-0.2, -0.15) is 13.2 Å². The maximum atomic E-state index is 13.8. The summed E-state index contributed by atoms with van der Waals surface area (Å²) in [5.41, 5.74) is 1.28. The molecule has 1 aromatic carbocycles. The Kier molecular flexibility index (Phi) is 5.38. The number of carbonyl (C=O) groups excluding carboxylic acids is 1. The number of aromatic nitrogens is 2. The molecule has 6 nitrogen and oxygen atoms in total. The van der Waals surface area contributed by atoms with E-state index in [1.807, 2.05) is 26.0 Å². The molecule has 2 aromatic heterocycles. The van der Waals surface area contributed by atoms with Crippen LogP contribution in [0.1, 0.15) is 45.8 Å². The maximum absolute atomic E-state index is 13.8. The lowest BCUT2D eigenvalue weighted by Crippen LogP contribution is -2.35. The number of hydrogen-bond acceptors (Lipinski definition) is 6. The van der Waals surface area contributed by atoms with Crippen molar-refractivity contribution in [3.05, 3.63) is 56.5 Å². The number of rotatable bonds is 3. The van der Waals surface area contributed by atoms with Crippen LogP contribution >= 0.6 is 22.9 Å². The summed E-state index contributed by atoms with van der Waals surface area (Å²) in [6.45, 7) is 5.27. The summed E-state index contributed by atoms with van der Waals surface area (Å²) in [6.07, 6.45) is -3.07. The number of hydrogen-bond donors (Lipinski definition) is 2. The molecule has 4 heterocycles. The lowest BCUT2D eigenvalue weighted by Gasteiger charge is -2.28. The third-order valence-corrected chi connectivity index (χ3v) is 8.18. The van der Waals surface area contributed by atoms with Crippen LogP contribution in [0.5, 0.6) is 0 Å². The van der Waals surface area contributed by atoms with Crippen LogP contribution in [0.15, 0.2) is 24.4 Å². The smallest absolute Gasteiger partial charge is 0.332 e. The number of nitrogens with one attached hydrogen (secondary N) is 2. The van der Waals surface area contributed by atoms with Crippen molar-refractivity contribution in [2.75, 3.05) is 18.9 Å². The molecule has 1 amide bonds. The van der Waals surface area contributed by atoms with E-state index in [1.165, 1.54) is 6.07 Å². The van der Waals surface area contributed by atoms with Crippen molar-refractivity contribution in [3.8, 4) is 10.6 Å². The van der Waals surface area contributed by atoms with Gasteiger partial charge in [0.05, 0.1) is 32.4 Å². The first-order chi connectivity index (χ1) is 16.0. The van der Waals surface area contributed by atoms with E-state index in [-0.39, 0.29) is 22.4 Å². The Hall–Kier alpha value is -2.69. The molecule has 0 radical (unpaired) electrons. The van der Waals surface area contributed by atoms with E-state index in [9.17, 15) is 18.0 Å². The second-order valence-electron chi connectivity index (χ2n) is 8.88. The number of amides is 1. The first-order valence-corrected chi connectivity index (χ1v) is 11.8. The minimum absolute atomic E-state index is 0.00458. The fourth-order valence-corrected chi connectivity index (χ4v) is 5.79. The lowest BCUT2D eigenvalue weighted by atomic mass is 10.0. The van der Waals surface area contributed by atoms with Gasteiger partial charge >= 0.3 is 6.18 Å². The van der Waals surface area contributed by atoms with Crippen LogP contribution in [0, 0.1) is 0 Å². The van der Waals surface area contributed by atoms with E-state index in [0.29, 0.717) is 27.7 Å². The van der Waals surface area contributed by atoms with Gasteiger partial charge in [-0.1, -0.05) is 11.6 Å². The molecule has 0 atom stereocenters. The highest BCUT2D eigenvalue weighted by atomic mass is 35.5. The van der Waals surface area contributed by atoms with Crippen LogP contribution in [0.4, 0.5) is 24.8 Å². The molecule has 34 heavy (non-hydrogen) atoms. The third-order valence-electron chi connectivity index (χ3n) is 6.41. The molecular formula is C23H21ClF3N5OS. The van der Waals surface area contributed by atoms with Crippen molar-refractivity contribution in [1.82, 2.24) is 20.2 Å². The highest BCUT2D eigenvalue weighted by molar-refractivity contribution is 7.16. The monoisotopic (exact) mass is 507 g/mol. The van der Waals surface area contributed by atoms with Gasteiger partial charge in [-0.05, 0) is 56.1 Å². The van der Waals surface area contributed by atoms with E-state index < -0.39 is 17.3 Å². The van der Waals surface area contributed by atoms with E-state index in [0.717, 1.165) is 41.6 Å². The second kappa shape index (κ2) is 7.93. The van der Waals surface area contributed by atoms with Gasteiger partial charge in [0, 0.05) is 24.7 Å². The van der Waals surface area contributed by atoms with Gasteiger partial charge in [0.25, 0.3) is 5.91 Å². The Labute approximate surface area is 203 Å². The average Bonchev–Trinajstić information content (AvgIpc) is 3.29. The number of fused-ring (bicyclic) bond motifs is 2. The van der Waals surface area contributed by atoms with Crippen LogP contribution in [0.25, 0.3) is 10.6 Å². The molecule has 2 aliphatic heterocycles. The van der Waals surface area contributed by atoms with Gasteiger partial charge in [-0.3, -0.25) is 4.79 Å². The Morgan fingerprint density at radius 2 is 2.00 bits per heavy atom. The van der Waals surface area contributed by atoms with Crippen LogP contribution in [-0.4, -0.2) is 34.4 Å². The number of alkyl halides is 3. The Morgan fingerprint density at radius 1 is 1.24 bits per heavy atom. The Morgan fingerprint density at radius 3 is 2.71 bits per heavy atom. The zero-order valence-electron chi connectivity index (χ0n) is 18.6. The zero-order chi connectivity index (χ0) is 24.4. The lowest BCUT2D eigenvalue weighted by molar-refractivity contribution is -0.137. The van der Waals surface area contributed by atoms with Crippen molar-refractivity contribution in [3.63, 3.8) is 0 Å². The van der Waals surface area contributed by atoms with Gasteiger partial charge in [0.2, 0.25) is 5.95 Å². The summed E-state index contributed by atoms with van der Waals surface area (Å²) >= 11 is 7.56. The van der Waals surface area contributed by atoms with E-state index in [2.05, 4.69) is 20.6 Å². The van der Waals surface area contributed by atoms with Gasteiger partial charge < -0.3 is 15.5 Å². The van der Waals surface area contributed by atoms with E-state index >= 15 is 0 Å². The van der Waals surface area contributed by atoms with Gasteiger partial charge in [0.1, 0.15) is 5.56 Å². The quantitative estimate of drug-likeness (QED) is 0.484. The van der Waals surface area contributed by atoms with Gasteiger partial charge in [-0.15, -0.1) is 11.3 Å². The number of thiophene rings is 1. The Bertz CT molecular complexity index is 1320. The standard InChI is InChI=1S/C23H21ClF3N5OS/c1-22(2)19-13(20(33)32(22)3)8-17(34-19)18-14(23(25,26)27)10-29-21(31-18)30-16-7-11-4-5-28-9-12(11)6-15(16)24/h6-8,10,28H,4-5,9H2,1-3H3,(H,29,30,31). The van der Waals surface area contributed by atoms with Crippen molar-refractivity contribution in [2.45, 2.75) is 38.5 Å². The molecule has 2 N–H and O–H groups in total. The molecule has 0 aliphatic carbocycles. The molecule has 0 unspecified atom stereocenters. The summed E-state index contributed by atoms with van der Waals surface area (Å²) in [5.74, 6) is -0.228. The van der Waals surface area contributed by atoms with Crippen molar-refractivity contribution < 1.29 is 18.0 Å². The molecule has 5 rings (SSSR count). The fraction of sp³-hybridized carbons (Fsp3) is 0.348. The topological polar surface area (TPSA) is 70.2 Å². The molecule has 11 heteroatoms. The third kappa shape index (κ3) is 3.73. The van der Waals surface area contributed by atoms with Crippen LogP contribution < -0.4 is 10.6 Å². The van der Waals surface area contributed by atoms with Crippen LogP contribution in [-0.2, 0) is 24.7 Å². The summed E-state index contributed by atoms with van der Waals surface area (Å²) in [5, 5.41) is 6.68. The number of anilines is 2. The van der Waals surface area contributed by atoms with Gasteiger partial charge in [-0.25, -0.2) is 9.97 Å². The largest absolute Gasteiger partial charge is 0.420 e. The van der Waals surface area contributed by atoms with E-state index in [1.54, 1.807) is 11.9 Å². The molecule has 3 aromatic rings. The normalized spacial score (nSPS) is 17.0. The minimum Gasteiger partial charge on any atom is -0.332 e. The minimum atomic E-state index is -4.66. The van der Waals surface area contributed by atoms with Gasteiger partial charge in [0.15, 0.2) is 0 Å². The highest BCUT2D eigenvalue weighted by Crippen LogP contribution is 2.47. The number of nitrogens with zero attached hydrogens (tertiary/aromatic N) is 3. The first-order valence-electron chi connectivity index (χ1n) is 10.6. The summed E-state index contributed by atoms with van der Waals surface area (Å²) in [6, 6.07) is 5.22. The Balaban J connectivity index is 1.57. The summed E-state index contributed by atoms with van der Waals surface area (Å²) in [7, 11) is 1.68. The molecule has 0 fully saturated rings. The van der Waals surface area contributed by atoms with Crippen LogP contribution in [0.2, 0.25) is 5.02 Å². The highest BCUT2D eigenvalue weighted by Gasteiger charge is 2.44. The summed E-state index contributed by atoms with van der Waals surface area (Å²) < 4.78 is 41.5. The predicted molar refractivity (Wildman–Crippen MR) is 126 cm³/mol. The zero-order valence-corrected chi connectivity index (χ0v) is 20.2. The average molecular weight is 508 g/mol. The van der Waals surface area contributed by atoms with Crippen molar-refractivity contribution in [2.24, 2.45) is 0 Å². The molecule has 0 spiro atoms.